The van der Waals surface area contributed by atoms with E-state index in [-0.39, 0.29) is 17.4 Å². The first-order valence-corrected chi connectivity index (χ1v) is 8.00. The van der Waals surface area contributed by atoms with Gasteiger partial charge in [-0.15, -0.1) is 0 Å². The van der Waals surface area contributed by atoms with E-state index in [0.29, 0.717) is 0 Å². The van der Waals surface area contributed by atoms with Crippen LogP contribution in [-0.2, 0) is 6.54 Å². The van der Waals surface area contributed by atoms with Gasteiger partial charge in [-0.3, -0.25) is 4.90 Å². The van der Waals surface area contributed by atoms with E-state index < -0.39 is 0 Å². The van der Waals surface area contributed by atoms with E-state index in [4.69, 9.17) is 0 Å². The predicted molar refractivity (Wildman–Crippen MR) is 90.7 cm³/mol. The molecular weight excluding hydrogens is 288 g/mol. The number of phenolic OH excluding ortho intramolecular Hbond substituents is 2. The maximum atomic E-state index is 10.0. The van der Waals surface area contributed by atoms with Crippen molar-refractivity contribution >= 4 is 10.9 Å². The molecule has 118 valence electrons. The molecule has 2 aromatic carbocycles. The summed E-state index contributed by atoms with van der Waals surface area (Å²) in [7, 11) is 0. The summed E-state index contributed by atoms with van der Waals surface area (Å²) in [5, 5.41) is 21.0. The van der Waals surface area contributed by atoms with Crippen molar-refractivity contribution in [1.82, 2.24) is 9.88 Å². The summed E-state index contributed by atoms with van der Waals surface area (Å²) in [4.78, 5) is 5.73. The second-order valence-electron chi connectivity index (χ2n) is 6.32. The molecule has 1 fully saturated rings. The molecular formula is C19H20N2O2. The fourth-order valence-corrected chi connectivity index (χ4v) is 3.60. The number of hydrogen-bond acceptors (Lipinski definition) is 3. The number of aromatic amines is 1. The molecule has 0 bridgehead atoms. The molecule has 1 unspecified atom stereocenters. The van der Waals surface area contributed by atoms with Gasteiger partial charge in [0.15, 0.2) is 0 Å². The van der Waals surface area contributed by atoms with Crippen molar-refractivity contribution in [2.45, 2.75) is 18.9 Å². The maximum Gasteiger partial charge on any atom is 0.119 e. The molecule has 4 nitrogen and oxygen atoms in total. The molecule has 0 aliphatic carbocycles. The first-order valence-electron chi connectivity index (χ1n) is 8.00. The summed E-state index contributed by atoms with van der Waals surface area (Å²) in [6.45, 7) is 2.80. The molecule has 1 saturated heterocycles. The number of aromatic hydroxyl groups is 2. The van der Waals surface area contributed by atoms with Gasteiger partial charge in [0.05, 0.1) is 0 Å². The second-order valence-corrected chi connectivity index (χ2v) is 6.32. The summed E-state index contributed by atoms with van der Waals surface area (Å²) in [5.41, 5.74) is 3.33. The zero-order valence-corrected chi connectivity index (χ0v) is 12.9. The van der Waals surface area contributed by atoms with Gasteiger partial charge in [-0.2, -0.15) is 0 Å². The average molecular weight is 308 g/mol. The number of fused-ring (bicyclic) bond motifs is 1. The lowest BCUT2D eigenvalue weighted by Gasteiger charge is -2.16. The largest absolute Gasteiger partial charge is 0.508 e. The van der Waals surface area contributed by atoms with E-state index in [1.54, 1.807) is 12.1 Å². The Morgan fingerprint density at radius 2 is 2.00 bits per heavy atom. The minimum Gasteiger partial charge on any atom is -0.508 e. The van der Waals surface area contributed by atoms with Crippen molar-refractivity contribution in [2.24, 2.45) is 0 Å². The lowest BCUT2D eigenvalue weighted by atomic mass is 9.97. The van der Waals surface area contributed by atoms with Crippen molar-refractivity contribution in [3.63, 3.8) is 0 Å². The molecule has 1 aliphatic heterocycles. The number of H-pyrrole nitrogens is 1. The molecule has 0 amide bonds. The van der Waals surface area contributed by atoms with Crippen LogP contribution in [0.2, 0.25) is 0 Å². The van der Waals surface area contributed by atoms with Crippen LogP contribution in [0.1, 0.15) is 23.5 Å². The minimum atomic E-state index is 0.216. The van der Waals surface area contributed by atoms with Crippen LogP contribution in [0.5, 0.6) is 11.5 Å². The van der Waals surface area contributed by atoms with Gasteiger partial charge in [-0.25, -0.2) is 0 Å². The molecule has 1 atom stereocenters. The van der Waals surface area contributed by atoms with Crippen LogP contribution in [0.25, 0.3) is 10.9 Å². The van der Waals surface area contributed by atoms with E-state index >= 15 is 0 Å². The third-order valence-corrected chi connectivity index (χ3v) is 4.79. The number of rotatable bonds is 3. The van der Waals surface area contributed by atoms with Crippen LogP contribution in [0.15, 0.2) is 48.7 Å². The Bertz CT molecular complexity index is 840. The summed E-state index contributed by atoms with van der Waals surface area (Å²) in [6.07, 6.45) is 3.09. The molecule has 1 aromatic heterocycles. The quantitative estimate of drug-likeness (QED) is 0.648. The van der Waals surface area contributed by atoms with Gasteiger partial charge in [0.2, 0.25) is 0 Å². The van der Waals surface area contributed by atoms with E-state index in [9.17, 15) is 10.2 Å². The lowest BCUT2D eigenvalue weighted by molar-refractivity contribution is 0.327. The van der Waals surface area contributed by atoms with Gasteiger partial charge in [-0.05, 0) is 42.8 Å². The number of aromatic nitrogens is 1. The van der Waals surface area contributed by atoms with Gasteiger partial charge in [0, 0.05) is 41.7 Å². The number of nitrogens with one attached hydrogen (secondary N) is 1. The van der Waals surface area contributed by atoms with E-state index in [2.05, 4.69) is 34.3 Å². The van der Waals surface area contributed by atoms with E-state index in [1.807, 2.05) is 6.07 Å². The van der Waals surface area contributed by atoms with Gasteiger partial charge < -0.3 is 15.2 Å². The molecule has 3 aromatic rings. The minimum absolute atomic E-state index is 0.216. The third kappa shape index (κ3) is 2.66. The standard InChI is InChI=1S/C19H20N2O2/c22-15-5-6-19(23)17(9-15)13-7-8-21(11-13)12-14-10-20-18-4-2-1-3-16(14)18/h1-6,9-10,13,20,22-23H,7-8,11-12H2. The Balaban J connectivity index is 1.51. The molecule has 4 rings (SSSR count). The van der Waals surface area contributed by atoms with Crippen molar-refractivity contribution in [3.8, 4) is 11.5 Å². The smallest absolute Gasteiger partial charge is 0.119 e. The zero-order chi connectivity index (χ0) is 15.8. The average Bonchev–Trinajstić information content (AvgIpc) is 3.18. The molecule has 3 N–H and O–H groups in total. The topological polar surface area (TPSA) is 59.5 Å². The Morgan fingerprint density at radius 1 is 1.13 bits per heavy atom. The second kappa shape index (κ2) is 5.63. The fourth-order valence-electron chi connectivity index (χ4n) is 3.60. The van der Waals surface area contributed by atoms with Crippen molar-refractivity contribution in [3.05, 3.63) is 59.8 Å². The summed E-state index contributed by atoms with van der Waals surface area (Å²) in [5.74, 6) is 0.766. The molecule has 23 heavy (non-hydrogen) atoms. The normalized spacial score (nSPS) is 18.7. The highest BCUT2D eigenvalue weighted by atomic mass is 16.3. The molecule has 4 heteroatoms. The molecule has 0 saturated carbocycles. The van der Waals surface area contributed by atoms with Crippen LogP contribution < -0.4 is 0 Å². The first kappa shape index (κ1) is 14.2. The SMILES string of the molecule is Oc1ccc(O)c(C2CCN(Cc3c[nH]c4ccccc34)C2)c1. The predicted octanol–water partition coefficient (Wildman–Crippen LogP) is 3.57. The highest BCUT2D eigenvalue weighted by Gasteiger charge is 2.26. The first-order chi connectivity index (χ1) is 11.2. The van der Waals surface area contributed by atoms with Crippen molar-refractivity contribution < 1.29 is 10.2 Å². The summed E-state index contributed by atoms with van der Waals surface area (Å²) < 4.78 is 0. The van der Waals surface area contributed by atoms with Crippen LogP contribution >= 0.6 is 0 Å². The molecule has 0 radical (unpaired) electrons. The highest BCUT2D eigenvalue weighted by molar-refractivity contribution is 5.82. The lowest BCUT2D eigenvalue weighted by Crippen LogP contribution is -2.19. The Kier molecular flexibility index (Phi) is 3.46. The summed E-state index contributed by atoms with van der Waals surface area (Å²) >= 11 is 0. The Labute approximate surface area is 135 Å². The number of phenols is 2. The van der Waals surface area contributed by atoms with Crippen molar-refractivity contribution in [1.29, 1.82) is 0 Å². The molecule has 2 heterocycles. The van der Waals surface area contributed by atoms with Crippen LogP contribution in [0, 0.1) is 0 Å². The zero-order valence-electron chi connectivity index (χ0n) is 12.9. The van der Waals surface area contributed by atoms with Crippen molar-refractivity contribution in [2.75, 3.05) is 13.1 Å². The van der Waals surface area contributed by atoms with Gasteiger partial charge in [0.1, 0.15) is 11.5 Å². The number of hydrogen-bond donors (Lipinski definition) is 3. The van der Waals surface area contributed by atoms with E-state index in [1.165, 1.54) is 22.5 Å². The van der Waals surface area contributed by atoms with E-state index in [0.717, 1.165) is 31.6 Å². The number of benzene rings is 2. The molecule has 0 spiro atoms. The van der Waals surface area contributed by atoms with Gasteiger partial charge >= 0.3 is 0 Å². The summed E-state index contributed by atoms with van der Waals surface area (Å²) in [6, 6.07) is 13.1. The van der Waals surface area contributed by atoms with Gasteiger partial charge in [0.25, 0.3) is 0 Å². The number of nitrogens with zero attached hydrogens (tertiary/aromatic N) is 1. The third-order valence-electron chi connectivity index (χ3n) is 4.79. The monoisotopic (exact) mass is 308 g/mol. The Morgan fingerprint density at radius 3 is 2.91 bits per heavy atom. The van der Waals surface area contributed by atoms with Crippen LogP contribution in [-0.4, -0.2) is 33.2 Å². The number of para-hydroxylation sites is 1. The van der Waals surface area contributed by atoms with Crippen LogP contribution in [0.4, 0.5) is 0 Å². The fraction of sp³-hybridized carbons (Fsp3) is 0.263. The highest BCUT2D eigenvalue weighted by Crippen LogP contribution is 2.35. The molecule has 1 aliphatic rings. The number of likely N-dealkylation sites (tertiary alicyclic amines) is 1. The van der Waals surface area contributed by atoms with Gasteiger partial charge in [-0.1, -0.05) is 18.2 Å². The van der Waals surface area contributed by atoms with Crippen LogP contribution in [0.3, 0.4) is 0 Å². The maximum absolute atomic E-state index is 10.0. The Hall–Kier alpha value is -2.46.